The van der Waals surface area contributed by atoms with E-state index in [9.17, 15) is 14.4 Å². The number of hydrogen-bond acceptors (Lipinski definition) is 3. The van der Waals surface area contributed by atoms with Crippen molar-refractivity contribution in [2.75, 3.05) is 11.9 Å². The minimum atomic E-state index is -0.906. The molecule has 0 spiro atoms. The first-order chi connectivity index (χ1) is 11.0. The minimum Gasteiger partial charge on any atom is -0.326 e. The lowest BCUT2D eigenvalue weighted by molar-refractivity contribution is -0.130. The number of rotatable bonds is 4. The largest absolute Gasteiger partial charge is 0.326 e. The van der Waals surface area contributed by atoms with Gasteiger partial charge in [-0.2, -0.15) is 0 Å². The molecule has 1 aliphatic heterocycles. The number of carbonyl (C=O) groups excluding carboxylic acids is 3. The first-order valence-electron chi connectivity index (χ1n) is 8.05. The van der Waals surface area contributed by atoms with Crippen LogP contribution < -0.4 is 10.6 Å². The van der Waals surface area contributed by atoms with Gasteiger partial charge in [0.15, 0.2) is 0 Å². The zero-order valence-electron chi connectivity index (χ0n) is 14.9. The fraction of sp³-hybridized carbons (Fsp3) is 0.500. The Labute approximate surface area is 142 Å². The fourth-order valence-electron chi connectivity index (χ4n) is 2.51. The Morgan fingerprint density at radius 2 is 1.75 bits per heavy atom. The molecule has 1 aromatic carbocycles. The molecule has 1 saturated heterocycles. The van der Waals surface area contributed by atoms with Gasteiger partial charge in [0.05, 0.1) is 0 Å². The molecular weight excluding hydrogens is 306 g/mol. The van der Waals surface area contributed by atoms with Gasteiger partial charge in [-0.25, -0.2) is 4.79 Å². The third kappa shape index (κ3) is 3.93. The molecule has 1 heterocycles. The van der Waals surface area contributed by atoms with Crippen molar-refractivity contribution >= 4 is 23.5 Å². The van der Waals surface area contributed by atoms with Gasteiger partial charge in [0.2, 0.25) is 5.91 Å². The van der Waals surface area contributed by atoms with Crippen LogP contribution in [0, 0.1) is 0 Å². The van der Waals surface area contributed by atoms with Gasteiger partial charge < -0.3 is 10.6 Å². The van der Waals surface area contributed by atoms with E-state index in [0.717, 1.165) is 4.90 Å². The van der Waals surface area contributed by atoms with E-state index in [0.29, 0.717) is 5.69 Å². The van der Waals surface area contributed by atoms with E-state index < -0.39 is 11.6 Å². The van der Waals surface area contributed by atoms with Crippen LogP contribution in [-0.4, -0.2) is 34.8 Å². The summed E-state index contributed by atoms with van der Waals surface area (Å²) in [6.07, 6.45) is 0.0657. The molecule has 24 heavy (non-hydrogen) atoms. The number of benzene rings is 1. The third-order valence-electron chi connectivity index (χ3n) is 4.04. The molecule has 0 atom stereocenters. The Morgan fingerprint density at radius 1 is 1.17 bits per heavy atom. The molecule has 6 nitrogen and oxygen atoms in total. The summed E-state index contributed by atoms with van der Waals surface area (Å²) in [7, 11) is 0. The molecule has 1 aromatic rings. The third-order valence-corrected chi connectivity index (χ3v) is 4.04. The van der Waals surface area contributed by atoms with Gasteiger partial charge in [0.25, 0.3) is 5.91 Å². The highest BCUT2D eigenvalue weighted by atomic mass is 16.2. The number of anilines is 1. The van der Waals surface area contributed by atoms with Crippen LogP contribution in [0.3, 0.4) is 0 Å². The van der Waals surface area contributed by atoms with Gasteiger partial charge in [0.1, 0.15) is 5.54 Å². The molecule has 0 saturated carbocycles. The standard InChI is InChI=1S/C18H25N3O3/c1-17(2,3)12-6-8-13(9-7-12)19-14(22)10-11-21-15(23)18(4,5)20-16(21)24/h6-9H,10-11H2,1-5H3,(H,19,22)(H,20,24). The lowest BCUT2D eigenvalue weighted by Crippen LogP contribution is -2.40. The van der Waals surface area contributed by atoms with Gasteiger partial charge in [0, 0.05) is 18.7 Å². The summed E-state index contributed by atoms with van der Waals surface area (Å²) in [6, 6.07) is 7.22. The SMILES string of the molecule is CC1(C)NC(=O)N(CCC(=O)Nc2ccc(C(C)(C)C)cc2)C1=O. The summed E-state index contributed by atoms with van der Waals surface area (Å²) in [5, 5.41) is 5.38. The highest BCUT2D eigenvalue weighted by molar-refractivity contribution is 6.06. The molecule has 4 amide bonds. The van der Waals surface area contributed by atoms with E-state index in [4.69, 9.17) is 0 Å². The number of amides is 4. The number of urea groups is 1. The average molecular weight is 331 g/mol. The van der Waals surface area contributed by atoms with E-state index >= 15 is 0 Å². The van der Waals surface area contributed by atoms with Crippen molar-refractivity contribution in [1.82, 2.24) is 10.2 Å². The predicted molar refractivity (Wildman–Crippen MR) is 92.7 cm³/mol. The molecule has 2 rings (SSSR count). The van der Waals surface area contributed by atoms with Crippen LogP contribution in [0.1, 0.15) is 46.6 Å². The highest BCUT2D eigenvalue weighted by Crippen LogP contribution is 2.23. The van der Waals surface area contributed by atoms with Crippen molar-refractivity contribution in [3.8, 4) is 0 Å². The Balaban J connectivity index is 1.90. The molecule has 0 aromatic heterocycles. The Morgan fingerprint density at radius 3 is 2.21 bits per heavy atom. The van der Waals surface area contributed by atoms with Crippen LogP contribution in [0.25, 0.3) is 0 Å². The average Bonchev–Trinajstić information content (AvgIpc) is 2.65. The van der Waals surface area contributed by atoms with Crippen LogP contribution in [0.15, 0.2) is 24.3 Å². The van der Waals surface area contributed by atoms with Gasteiger partial charge in [-0.1, -0.05) is 32.9 Å². The predicted octanol–water partition coefficient (Wildman–Crippen LogP) is 2.64. The van der Waals surface area contributed by atoms with Crippen LogP contribution in [0.5, 0.6) is 0 Å². The minimum absolute atomic E-state index is 0.0544. The highest BCUT2D eigenvalue weighted by Gasteiger charge is 2.43. The fourth-order valence-corrected chi connectivity index (χ4v) is 2.51. The number of imide groups is 1. The first-order valence-corrected chi connectivity index (χ1v) is 8.05. The summed E-state index contributed by atoms with van der Waals surface area (Å²) >= 11 is 0. The van der Waals surface area contributed by atoms with Crippen LogP contribution in [0.2, 0.25) is 0 Å². The molecule has 0 radical (unpaired) electrons. The van der Waals surface area contributed by atoms with E-state index in [-0.39, 0.29) is 30.2 Å². The molecule has 0 aliphatic carbocycles. The zero-order chi connectivity index (χ0) is 18.1. The monoisotopic (exact) mass is 331 g/mol. The van der Waals surface area contributed by atoms with Crippen LogP contribution in [-0.2, 0) is 15.0 Å². The van der Waals surface area contributed by atoms with E-state index in [1.807, 2.05) is 24.3 Å². The summed E-state index contributed by atoms with van der Waals surface area (Å²) < 4.78 is 0. The normalized spacial score (nSPS) is 17.0. The van der Waals surface area contributed by atoms with Crippen LogP contribution >= 0.6 is 0 Å². The Hall–Kier alpha value is -2.37. The summed E-state index contributed by atoms with van der Waals surface area (Å²) in [5.41, 5.74) is 1.03. The van der Waals surface area contributed by atoms with E-state index in [1.165, 1.54) is 5.56 Å². The number of nitrogens with zero attached hydrogens (tertiary/aromatic N) is 1. The van der Waals surface area contributed by atoms with Gasteiger partial charge >= 0.3 is 6.03 Å². The molecule has 1 fully saturated rings. The van der Waals surface area contributed by atoms with Crippen molar-refractivity contribution in [2.24, 2.45) is 0 Å². The number of carbonyl (C=O) groups is 3. The number of hydrogen-bond donors (Lipinski definition) is 2. The topological polar surface area (TPSA) is 78.5 Å². The second-order valence-electron chi connectivity index (χ2n) is 7.64. The molecule has 130 valence electrons. The second kappa shape index (κ2) is 6.26. The smallest absolute Gasteiger partial charge is 0.325 e. The second-order valence-corrected chi connectivity index (χ2v) is 7.64. The first kappa shape index (κ1) is 18.0. The quantitative estimate of drug-likeness (QED) is 0.833. The Kier molecular flexibility index (Phi) is 4.69. The summed E-state index contributed by atoms with van der Waals surface area (Å²) in [4.78, 5) is 36.9. The molecule has 0 unspecified atom stereocenters. The lowest BCUT2D eigenvalue weighted by atomic mass is 9.87. The molecule has 1 aliphatic rings. The van der Waals surface area contributed by atoms with Crippen molar-refractivity contribution in [3.05, 3.63) is 29.8 Å². The maximum atomic E-state index is 12.1. The maximum absolute atomic E-state index is 12.1. The number of nitrogens with one attached hydrogen (secondary N) is 2. The van der Waals surface area contributed by atoms with Crippen molar-refractivity contribution in [3.63, 3.8) is 0 Å². The summed E-state index contributed by atoms with van der Waals surface area (Å²) in [6.45, 7) is 9.73. The Bertz CT molecular complexity index is 657. The van der Waals surface area contributed by atoms with Gasteiger partial charge in [-0.3, -0.25) is 14.5 Å². The lowest BCUT2D eigenvalue weighted by Gasteiger charge is -2.19. The molecule has 0 bridgehead atoms. The van der Waals surface area contributed by atoms with E-state index in [1.54, 1.807) is 13.8 Å². The zero-order valence-corrected chi connectivity index (χ0v) is 14.9. The maximum Gasteiger partial charge on any atom is 0.325 e. The molecule has 2 N–H and O–H groups in total. The van der Waals surface area contributed by atoms with Gasteiger partial charge in [-0.15, -0.1) is 0 Å². The van der Waals surface area contributed by atoms with Gasteiger partial charge in [-0.05, 0) is 37.0 Å². The summed E-state index contributed by atoms with van der Waals surface area (Å²) in [5.74, 6) is -0.543. The van der Waals surface area contributed by atoms with Crippen LogP contribution in [0.4, 0.5) is 10.5 Å². The van der Waals surface area contributed by atoms with Crippen molar-refractivity contribution < 1.29 is 14.4 Å². The molecule has 6 heteroatoms. The van der Waals surface area contributed by atoms with Crippen molar-refractivity contribution in [1.29, 1.82) is 0 Å². The van der Waals surface area contributed by atoms with E-state index in [2.05, 4.69) is 31.4 Å². The van der Waals surface area contributed by atoms with Crippen molar-refractivity contribution in [2.45, 2.75) is 52.0 Å². The molecular formula is C18H25N3O3.